The van der Waals surface area contributed by atoms with Crippen LogP contribution in [-0.2, 0) is 16.0 Å². The number of aliphatic carboxylic acids is 1. The summed E-state index contributed by atoms with van der Waals surface area (Å²) in [7, 11) is 0. The zero-order chi connectivity index (χ0) is 16.9. The number of piperidine rings is 1. The molecule has 126 valence electrons. The van der Waals surface area contributed by atoms with Crippen LogP contribution in [0.2, 0.25) is 0 Å². The van der Waals surface area contributed by atoms with Crippen LogP contribution in [0.3, 0.4) is 0 Å². The van der Waals surface area contributed by atoms with Crippen LogP contribution in [0, 0.1) is 0 Å². The molecule has 0 aromatic heterocycles. The molecule has 24 heavy (non-hydrogen) atoms. The Morgan fingerprint density at radius 2 is 1.88 bits per heavy atom. The van der Waals surface area contributed by atoms with E-state index in [9.17, 15) is 9.59 Å². The van der Waals surface area contributed by atoms with Gasteiger partial charge >= 0.3 is 5.97 Å². The quantitative estimate of drug-likeness (QED) is 0.913. The summed E-state index contributed by atoms with van der Waals surface area (Å²) < 4.78 is 0. The second-order valence-electron chi connectivity index (χ2n) is 6.53. The third kappa shape index (κ3) is 3.94. The summed E-state index contributed by atoms with van der Waals surface area (Å²) in [6.45, 7) is 0.747. The predicted octanol–water partition coefficient (Wildman–Crippen LogP) is 3.63. The standard InChI is InChI=1S/C20H23NO3/c22-19(21-12-4-3-7-18(21)10-11-20(23)24)14-15-8-9-16-5-1-2-6-17(16)13-15/h1-2,5-6,8-9,13,18H,3-4,7,10-12,14H2,(H,23,24). The zero-order valence-electron chi connectivity index (χ0n) is 13.8. The van der Waals surface area contributed by atoms with E-state index in [2.05, 4.69) is 24.3 Å². The molecule has 0 spiro atoms. The Hall–Kier alpha value is -2.36. The average Bonchev–Trinajstić information content (AvgIpc) is 2.60. The minimum atomic E-state index is -0.789. The Balaban J connectivity index is 1.70. The first kappa shape index (κ1) is 16.5. The first-order valence-electron chi connectivity index (χ1n) is 8.62. The summed E-state index contributed by atoms with van der Waals surface area (Å²) in [6.07, 6.45) is 4.06. The monoisotopic (exact) mass is 325 g/mol. The van der Waals surface area contributed by atoms with E-state index in [1.54, 1.807) is 0 Å². The van der Waals surface area contributed by atoms with Crippen molar-refractivity contribution in [3.8, 4) is 0 Å². The molecular weight excluding hydrogens is 302 g/mol. The molecule has 2 aromatic carbocycles. The molecule has 1 heterocycles. The average molecular weight is 325 g/mol. The highest BCUT2D eigenvalue weighted by molar-refractivity contribution is 5.85. The number of carbonyl (C=O) groups is 2. The smallest absolute Gasteiger partial charge is 0.303 e. The molecule has 3 rings (SSSR count). The van der Waals surface area contributed by atoms with E-state index in [1.165, 1.54) is 5.39 Å². The van der Waals surface area contributed by atoms with Crippen molar-refractivity contribution in [3.05, 3.63) is 48.0 Å². The molecule has 0 aliphatic carbocycles. The maximum absolute atomic E-state index is 12.7. The van der Waals surface area contributed by atoms with E-state index in [0.29, 0.717) is 12.8 Å². The molecule has 1 amide bonds. The van der Waals surface area contributed by atoms with Gasteiger partial charge in [-0.3, -0.25) is 9.59 Å². The number of hydrogen-bond acceptors (Lipinski definition) is 2. The third-order valence-corrected chi connectivity index (χ3v) is 4.81. The first-order chi connectivity index (χ1) is 11.6. The third-order valence-electron chi connectivity index (χ3n) is 4.81. The Bertz CT molecular complexity index is 740. The van der Waals surface area contributed by atoms with Crippen molar-refractivity contribution in [2.24, 2.45) is 0 Å². The minimum absolute atomic E-state index is 0.0720. The summed E-state index contributed by atoms with van der Waals surface area (Å²) >= 11 is 0. The molecule has 1 aliphatic heterocycles. The van der Waals surface area contributed by atoms with E-state index in [0.717, 1.165) is 36.8 Å². The van der Waals surface area contributed by atoms with Gasteiger partial charge in [0.25, 0.3) is 0 Å². The second kappa shape index (κ2) is 7.47. The van der Waals surface area contributed by atoms with Gasteiger partial charge in [0.05, 0.1) is 6.42 Å². The fourth-order valence-corrected chi connectivity index (χ4v) is 3.54. The molecular formula is C20H23NO3. The maximum atomic E-state index is 12.7. The van der Waals surface area contributed by atoms with Crippen LogP contribution >= 0.6 is 0 Å². The summed E-state index contributed by atoms with van der Waals surface area (Å²) in [5.74, 6) is -0.678. The van der Waals surface area contributed by atoms with Gasteiger partial charge in [0.1, 0.15) is 0 Å². The Morgan fingerprint density at radius 3 is 2.67 bits per heavy atom. The molecule has 4 nitrogen and oxygen atoms in total. The number of fused-ring (bicyclic) bond motifs is 1. The van der Waals surface area contributed by atoms with Gasteiger partial charge in [-0.1, -0.05) is 42.5 Å². The number of benzene rings is 2. The lowest BCUT2D eigenvalue weighted by molar-refractivity contribution is -0.139. The number of amides is 1. The van der Waals surface area contributed by atoms with E-state index in [-0.39, 0.29) is 18.4 Å². The van der Waals surface area contributed by atoms with Gasteiger partial charge in [-0.2, -0.15) is 0 Å². The van der Waals surface area contributed by atoms with Crippen LogP contribution in [0.25, 0.3) is 10.8 Å². The SMILES string of the molecule is O=C(O)CCC1CCCCN1C(=O)Cc1ccc2ccccc2c1. The molecule has 2 aromatic rings. The highest BCUT2D eigenvalue weighted by Crippen LogP contribution is 2.23. The van der Waals surface area contributed by atoms with Gasteiger partial charge in [-0.25, -0.2) is 0 Å². The molecule has 1 unspecified atom stereocenters. The van der Waals surface area contributed by atoms with Crippen molar-refractivity contribution >= 4 is 22.6 Å². The summed E-state index contributed by atoms with van der Waals surface area (Å²) in [5.41, 5.74) is 1.02. The normalized spacial score (nSPS) is 17.8. The van der Waals surface area contributed by atoms with Crippen molar-refractivity contribution < 1.29 is 14.7 Å². The van der Waals surface area contributed by atoms with Gasteiger partial charge in [-0.05, 0) is 42.0 Å². The number of nitrogens with zero attached hydrogens (tertiary/aromatic N) is 1. The fraction of sp³-hybridized carbons (Fsp3) is 0.400. The van der Waals surface area contributed by atoms with Gasteiger partial charge < -0.3 is 10.0 Å². The number of carboxylic acid groups (broad SMARTS) is 1. The van der Waals surface area contributed by atoms with Crippen LogP contribution in [0.4, 0.5) is 0 Å². The Kier molecular flexibility index (Phi) is 5.14. The van der Waals surface area contributed by atoms with Crippen molar-refractivity contribution in [2.45, 2.75) is 44.6 Å². The largest absolute Gasteiger partial charge is 0.481 e. The first-order valence-corrected chi connectivity index (χ1v) is 8.62. The van der Waals surface area contributed by atoms with Crippen LogP contribution in [0.5, 0.6) is 0 Å². The Labute approximate surface area is 142 Å². The van der Waals surface area contributed by atoms with Crippen LogP contribution in [0.15, 0.2) is 42.5 Å². The maximum Gasteiger partial charge on any atom is 0.303 e. The molecule has 0 saturated carbocycles. The van der Waals surface area contributed by atoms with Gasteiger partial charge in [-0.15, -0.1) is 0 Å². The number of likely N-dealkylation sites (tertiary alicyclic amines) is 1. The lowest BCUT2D eigenvalue weighted by atomic mass is 9.96. The number of rotatable bonds is 5. The molecule has 1 atom stereocenters. The van der Waals surface area contributed by atoms with Gasteiger partial charge in [0.15, 0.2) is 0 Å². The van der Waals surface area contributed by atoms with Gasteiger partial charge in [0.2, 0.25) is 5.91 Å². The molecule has 4 heteroatoms. The van der Waals surface area contributed by atoms with Crippen LogP contribution in [0.1, 0.15) is 37.7 Å². The van der Waals surface area contributed by atoms with Crippen molar-refractivity contribution in [1.82, 2.24) is 4.90 Å². The van der Waals surface area contributed by atoms with Crippen molar-refractivity contribution in [3.63, 3.8) is 0 Å². The minimum Gasteiger partial charge on any atom is -0.481 e. The molecule has 0 bridgehead atoms. The second-order valence-corrected chi connectivity index (χ2v) is 6.53. The van der Waals surface area contributed by atoms with Gasteiger partial charge in [0, 0.05) is 19.0 Å². The number of carboxylic acids is 1. The lowest BCUT2D eigenvalue weighted by Gasteiger charge is -2.36. The zero-order valence-corrected chi connectivity index (χ0v) is 13.8. The molecule has 1 fully saturated rings. The highest BCUT2D eigenvalue weighted by Gasteiger charge is 2.26. The molecule has 1 aliphatic rings. The summed E-state index contributed by atoms with van der Waals surface area (Å²) in [6, 6.07) is 14.3. The van der Waals surface area contributed by atoms with E-state index in [1.807, 2.05) is 23.1 Å². The van der Waals surface area contributed by atoms with E-state index < -0.39 is 5.97 Å². The van der Waals surface area contributed by atoms with Crippen molar-refractivity contribution in [2.75, 3.05) is 6.54 Å². The molecule has 1 saturated heterocycles. The molecule has 1 N–H and O–H groups in total. The lowest BCUT2D eigenvalue weighted by Crippen LogP contribution is -2.44. The topological polar surface area (TPSA) is 57.6 Å². The summed E-state index contributed by atoms with van der Waals surface area (Å²) in [4.78, 5) is 25.5. The summed E-state index contributed by atoms with van der Waals surface area (Å²) in [5, 5.41) is 11.2. The fourth-order valence-electron chi connectivity index (χ4n) is 3.54. The number of carbonyl (C=O) groups excluding carboxylic acids is 1. The van der Waals surface area contributed by atoms with Crippen LogP contribution < -0.4 is 0 Å². The Morgan fingerprint density at radius 1 is 1.08 bits per heavy atom. The van der Waals surface area contributed by atoms with E-state index >= 15 is 0 Å². The van der Waals surface area contributed by atoms with E-state index in [4.69, 9.17) is 5.11 Å². The molecule has 0 radical (unpaired) electrons. The van der Waals surface area contributed by atoms with Crippen molar-refractivity contribution in [1.29, 1.82) is 0 Å². The number of hydrogen-bond donors (Lipinski definition) is 1. The van der Waals surface area contributed by atoms with Crippen LogP contribution in [-0.4, -0.2) is 34.5 Å². The highest BCUT2D eigenvalue weighted by atomic mass is 16.4. The predicted molar refractivity (Wildman–Crippen MR) is 93.9 cm³/mol.